The van der Waals surface area contributed by atoms with Gasteiger partial charge < -0.3 is 19.3 Å². The predicted octanol–water partition coefficient (Wildman–Crippen LogP) is 0.494. The topological polar surface area (TPSA) is 65.0 Å². The monoisotopic (exact) mass is 250 g/mol. The molecule has 3 aliphatic heterocycles. The molecule has 4 aliphatic rings. The maximum Gasteiger partial charge on any atom is 0.337 e. The molecule has 0 aromatic rings. The van der Waals surface area contributed by atoms with E-state index in [0.29, 0.717) is 12.0 Å². The van der Waals surface area contributed by atoms with E-state index in [1.54, 1.807) is 13.0 Å². The summed E-state index contributed by atoms with van der Waals surface area (Å²) < 4.78 is 16.8. The van der Waals surface area contributed by atoms with Gasteiger partial charge in [0.1, 0.15) is 6.10 Å². The Morgan fingerprint density at radius 1 is 1.50 bits per heavy atom. The van der Waals surface area contributed by atoms with Crippen LogP contribution in [0.1, 0.15) is 13.3 Å². The summed E-state index contributed by atoms with van der Waals surface area (Å²) in [6, 6.07) is 0. The number of carbonyl (C=O) groups excluding carboxylic acids is 1. The molecule has 0 unspecified atom stereocenters. The molecule has 1 N–H and O–H groups in total. The van der Waals surface area contributed by atoms with Gasteiger partial charge in [0.15, 0.2) is 18.2 Å². The van der Waals surface area contributed by atoms with E-state index < -0.39 is 24.3 Å². The van der Waals surface area contributed by atoms with Gasteiger partial charge in [0.2, 0.25) is 0 Å². The molecule has 0 saturated carbocycles. The molecule has 18 heavy (non-hydrogen) atoms. The second kappa shape index (κ2) is 3.23. The lowest BCUT2D eigenvalue weighted by Gasteiger charge is -2.35. The minimum atomic E-state index is -0.806. The fourth-order valence-corrected chi connectivity index (χ4v) is 3.69. The van der Waals surface area contributed by atoms with Gasteiger partial charge in [0.05, 0.1) is 11.5 Å². The van der Waals surface area contributed by atoms with Crippen LogP contribution in [0, 0.1) is 11.8 Å². The summed E-state index contributed by atoms with van der Waals surface area (Å²) in [5.74, 6) is -0.197. The lowest BCUT2D eigenvalue weighted by molar-refractivity contribution is -0.263. The van der Waals surface area contributed by atoms with Crippen LogP contribution in [0.4, 0.5) is 0 Å². The van der Waals surface area contributed by atoms with Gasteiger partial charge in [-0.15, -0.1) is 0 Å². The van der Waals surface area contributed by atoms with Crippen LogP contribution in [-0.2, 0) is 19.0 Å². The van der Waals surface area contributed by atoms with E-state index in [1.165, 1.54) is 0 Å². The Balaban J connectivity index is 1.80. The minimum Gasteiger partial charge on any atom is -0.448 e. The van der Waals surface area contributed by atoms with Crippen molar-refractivity contribution in [1.82, 2.24) is 0 Å². The van der Waals surface area contributed by atoms with Crippen molar-refractivity contribution in [3.05, 3.63) is 23.8 Å². The first-order valence-electron chi connectivity index (χ1n) is 6.23. The van der Waals surface area contributed by atoms with Gasteiger partial charge in [-0.25, -0.2) is 4.79 Å². The second-order valence-electron chi connectivity index (χ2n) is 5.25. The van der Waals surface area contributed by atoms with Gasteiger partial charge in [-0.3, -0.25) is 0 Å². The maximum atomic E-state index is 11.8. The third-order valence-corrected chi connectivity index (χ3v) is 4.42. The Kier molecular flexibility index (Phi) is 1.92. The van der Waals surface area contributed by atoms with Crippen LogP contribution in [0.25, 0.3) is 0 Å². The summed E-state index contributed by atoms with van der Waals surface area (Å²) >= 11 is 0. The van der Waals surface area contributed by atoms with Crippen molar-refractivity contribution in [2.45, 2.75) is 37.6 Å². The molecule has 4 rings (SSSR count). The third-order valence-electron chi connectivity index (χ3n) is 4.42. The molecule has 3 fully saturated rings. The number of allylic oxidation sites excluding steroid dienone is 2. The molecule has 6 atom stereocenters. The molecule has 0 bridgehead atoms. The number of carbonyl (C=O) groups is 1. The quantitative estimate of drug-likeness (QED) is 0.385. The van der Waals surface area contributed by atoms with Gasteiger partial charge >= 0.3 is 5.97 Å². The summed E-state index contributed by atoms with van der Waals surface area (Å²) in [7, 11) is 0. The molecule has 0 aromatic heterocycles. The SMILES string of the molecule is CC=C1C(=O)O[C@]23C=C[C@@H]4C[C@@H](O)O[C@H](O[C@@H]12)[C@@H]43. The largest absolute Gasteiger partial charge is 0.448 e. The first-order chi connectivity index (χ1) is 8.65. The van der Waals surface area contributed by atoms with Crippen molar-refractivity contribution < 1.29 is 24.1 Å². The average Bonchev–Trinajstić information content (AvgIpc) is 2.89. The molecular weight excluding hydrogens is 236 g/mol. The van der Waals surface area contributed by atoms with E-state index >= 15 is 0 Å². The molecule has 0 aromatic carbocycles. The Bertz CT molecular complexity index is 482. The molecule has 1 spiro atoms. The van der Waals surface area contributed by atoms with Gasteiger partial charge in [-0.1, -0.05) is 12.2 Å². The van der Waals surface area contributed by atoms with Gasteiger partial charge in [-0.2, -0.15) is 0 Å². The predicted molar refractivity (Wildman–Crippen MR) is 59.1 cm³/mol. The molecule has 0 amide bonds. The normalized spacial score (nSPS) is 54.7. The van der Waals surface area contributed by atoms with E-state index in [-0.39, 0.29) is 17.8 Å². The van der Waals surface area contributed by atoms with E-state index in [9.17, 15) is 9.90 Å². The first-order valence-corrected chi connectivity index (χ1v) is 6.23. The van der Waals surface area contributed by atoms with Gasteiger partial charge in [-0.05, 0) is 18.9 Å². The van der Waals surface area contributed by atoms with E-state index in [4.69, 9.17) is 14.2 Å². The Labute approximate surface area is 104 Å². The number of hydrogen-bond donors (Lipinski definition) is 1. The molecule has 1 aliphatic carbocycles. The van der Waals surface area contributed by atoms with Gasteiger partial charge in [0.25, 0.3) is 0 Å². The number of aliphatic hydroxyl groups is 1. The van der Waals surface area contributed by atoms with Crippen molar-refractivity contribution in [3.8, 4) is 0 Å². The summed E-state index contributed by atoms with van der Waals surface area (Å²) in [5, 5.41) is 9.65. The Morgan fingerprint density at radius 2 is 2.33 bits per heavy atom. The summed E-state index contributed by atoms with van der Waals surface area (Å²) in [6.07, 6.45) is 4.49. The highest BCUT2D eigenvalue weighted by Crippen LogP contribution is 2.57. The zero-order chi connectivity index (χ0) is 12.5. The second-order valence-corrected chi connectivity index (χ2v) is 5.25. The van der Waals surface area contributed by atoms with E-state index in [1.807, 2.05) is 12.2 Å². The van der Waals surface area contributed by atoms with Crippen molar-refractivity contribution in [2.24, 2.45) is 11.8 Å². The van der Waals surface area contributed by atoms with E-state index in [0.717, 1.165) is 0 Å². The first kappa shape index (κ1) is 10.7. The van der Waals surface area contributed by atoms with E-state index in [2.05, 4.69) is 0 Å². The fraction of sp³-hybridized carbons (Fsp3) is 0.615. The smallest absolute Gasteiger partial charge is 0.337 e. The van der Waals surface area contributed by atoms with Crippen LogP contribution < -0.4 is 0 Å². The molecule has 5 heteroatoms. The molecular formula is C13H14O5. The lowest BCUT2D eigenvalue weighted by atomic mass is 9.80. The van der Waals surface area contributed by atoms with Crippen molar-refractivity contribution in [2.75, 3.05) is 0 Å². The lowest BCUT2D eigenvalue weighted by Crippen LogP contribution is -2.45. The number of esters is 1. The van der Waals surface area contributed by atoms with Crippen LogP contribution in [0.2, 0.25) is 0 Å². The Hall–Kier alpha value is -1.17. The van der Waals surface area contributed by atoms with Crippen LogP contribution in [-0.4, -0.2) is 35.4 Å². The maximum absolute atomic E-state index is 11.8. The van der Waals surface area contributed by atoms with Crippen LogP contribution in [0.5, 0.6) is 0 Å². The standard InChI is InChI=1S/C13H14O5/c1-2-7-10-13(18-11(7)15)4-3-6-5-8(14)16-12(17-10)9(6)13/h2-4,6,8-10,12,14H,5H2,1H3/t6-,8+,9-,10+,12-,13+/m1/s1. The summed E-state index contributed by atoms with van der Waals surface area (Å²) in [5.41, 5.74) is -0.165. The summed E-state index contributed by atoms with van der Waals surface area (Å²) in [6.45, 7) is 1.80. The highest BCUT2D eigenvalue weighted by Gasteiger charge is 2.69. The van der Waals surface area contributed by atoms with Crippen molar-refractivity contribution in [3.63, 3.8) is 0 Å². The number of ether oxygens (including phenoxy) is 3. The van der Waals surface area contributed by atoms with Crippen LogP contribution in [0.3, 0.4) is 0 Å². The van der Waals surface area contributed by atoms with Crippen molar-refractivity contribution in [1.29, 1.82) is 0 Å². The minimum absolute atomic E-state index is 0.0349. The molecule has 0 radical (unpaired) electrons. The zero-order valence-corrected chi connectivity index (χ0v) is 9.91. The van der Waals surface area contributed by atoms with Crippen LogP contribution >= 0.6 is 0 Å². The summed E-state index contributed by atoms with van der Waals surface area (Å²) in [4.78, 5) is 11.8. The molecule has 3 saturated heterocycles. The average molecular weight is 250 g/mol. The molecule has 3 heterocycles. The number of aliphatic hydroxyl groups excluding tert-OH is 1. The van der Waals surface area contributed by atoms with Gasteiger partial charge in [0, 0.05) is 6.42 Å². The van der Waals surface area contributed by atoms with Crippen molar-refractivity contribution >= 4 is 5.97 Å². The fourth-order valence-electron chi connectivity index (χ4n) is 3.69. The number of hydrogen-bond acceptors (Lipinski definition) is 5. The molecule has 96 valence electrons. The highest BCUT2D eigenvalue weighted by atomic mass is 16.8. The number of rotatable bonds is 0. The Morgan fingerprint density at radius 3 is 3.11 bits per heavy atom. The molecule has 5 nitrogen and oxygen atoms in total. The zero-order valence-electron chi connectivity index (χ0n) is 9.91. The third kappa shape index (κ3) is 1.06. The highest BCUT2D eigenvalue weighted by molar-refractivity contribution is 5.93. The van der Waals surface area contributed by atoms with Crippen LogP contribution in [0.15, 0.2) is 23.8 Å².